The third-order valence-corrected chi connectivity index (χ3v) is 3.74. The van der Waals surface area contributed by atoms with Gasteiger partial charge >= 0.3 is 0 Å². The van der Waals surface area contributed by atoms with E-state index in [1.165, 1.54) is 0 Å². The van der Waals surface area contributed by atoms with E-state index in [2.05, 4.69) is 25.2 Å². The van der Waals surface area contributed by atoms with Gasteiger partial charge in [-0.15, -0.1) is 0 Å². The van der Waals surface area contributed by atoms with Gasteiger partial charge in [0.15, 0.2) is 0 Å². The molecule has 1 aromatic carbocycles. The molecule has 0 aromatic heterocycles. The third kappa shape index (κ3) is 6.39. The molecule has 0 aliphatic rings. The molecule has 1 N–H and O–H groups in total. The SMILES string of the molecule is CCCOc1ccc(NC(=O)[C@@](C)(CC(C)C)OCCC)c(C#N)c1. The van der Waals surface area contributed by atoms with Gasteiger partial charge in [0.1, 0.15) is 17.4 Å². The van der Waals surface area contributed by atoms with Crippen LogP contribution < -0.4 is 10.1 Å². The summed E-state index contributed by atoms with van der Waals surface area (Å²) in [4.78, 5) is 12.8. The largest absolute Gasteiger partial charge is 0.494 e. The molecular formula is C20H30N2O3. The minimum atomic E-state index is -0.922. The number of ether oxygens (including phenoxy) is 2. The van der Waals surface area contributed by atoms with Crippen molar-refractivity contribution in [3.05, 3.63) is 23.8 Å². The molecule has 5 nitrogen and oxygen atoms in total. The maximum Gasteiger partial charge on any atom is 0.256 e. The van der Waals surface area contributed by atoms with Gasteiger partial charge in [-0.05, 0) is 50.3 Å². The summed E-state index contributed by atoms with van der Waals surface area (Å²) in [6.45, 7) is 11.1. The van der Waals surface area contributed by atoms with Gasteiger partial charge in [-0.2, -0.15) is 5.26 Å². The van der Waals surface area contributed by atoms with Gasteiger partial charge in [0.25, 0.3) is 5.91 Å². The Bertz CT molecular complexity index is 607. The fourth-order valence-electron chi connectivity index (χ4n) is 2.61. The molecule has 25 heavy (non-hydrogen) atoms. The fourth-order valence-corrected chi connectivity index (χ4v) is 2.61. The van der Waals surface area contributed by atoms with Crippen molar-refractivity contribution in [1.29, 1.82) is 5.26 Å². The predicted molar refractivity (Wildman–Crippen MR) is 99.7 cm³/mol. The lowest BCUT2D eigenvalue weighted by atomic mass is 9.92. The number of nitrogens with one attached hydrogen (secondary N) is 1. The van der Waals surface area contributed by atoms with Crippen molar-refractivity contribution in [1.82, 2.24) is 0 Å². The summed E-state index contributed by atoms with van der Waals surface area (Å²) in [5.41, 5.74) is -0.0651. The summed E-state index contributed by atoms with van der Waals surface area (Å²) in [5.74, 6) is 0.713. The first-order valence-corrected chi connectivity index (χ1v) is 8.98. The molecule has 0 radical (unpaired) electrons. The Hall–Kier alpha value is -2.06. The molecule has 0 heterocycles. The molecule has 1 rings (SSSR count). The normalized spacial score (nSPS) is 13.2. The first kappa shape index (κ1) is 21.0. The van der Waals surface area contributed by atoms with E-state index in [0.717, 1.165) is 12.8 Å². The molecule has 0 spiro atoms. The molecule has 0 saturated heterocycles. The number of hydrogen-bond acceptors (Lipinski definition) is 4. The van der Waals surface area contributed by atoms with E-state index < -0.39 is 5.60 Å². The summed E-state index contributed by atoms with van der Waals surface area (Å²) < 4.78 is 11.4. The minimum absolute atomic E-state index is 0.228. The van der Waals surface area contributed by atoms with E-state index in [9.17, 15) is 10.1 Å². The van der Waals surface area contributed by atoms with Crippen LogP contribution in [0, 0.1) is 17.2 Å². The van der Waals surface area contributed by atoms with Crippen molar-refractivity contribution >= 4 is 11.6 Å². The van der Waals surface area contributed by atoms with Crippen LogP contribution in [-0.4, -0.2) is 24.7 Å². The molecule has 1 amide bonds. The zero-order chi connectivity index (χ0) is 18.9. The molecule has 138 valence electrons. The monoisotopic (exact) mass is 346 g/mol. The number of nitriles is 1. The van der Waals surface area contributed by atoms with Gasteiger partial charge in [-0.1, -0.05) is 27.7 Å². The standard InChI is InChI=1S/C20H30N2O3/c1-6-10-24-17-8-9-18(16(12-17)14-21)22-19(23)20(5,13-15(3)4)25-11-7-2/h8-9,12,15H,6-7,10-11,13H2,1-5H3,(H,22,23)/t20-/m1/s1. The Labute approximate surface area is 151 Å². The molecule has 0 saturated carbocycles. The second kappa shape index (κ2) is 10.0. The zero-order valence-corrected chi connectivity index (χ0v) is 16.0. The number of anilines is 1. The minimum Gasteiger partial charge on any atom is -0.494 e. The fraction of sp³-hybridized carbons (Fsp3) is 0.600. The molecule has 1 atom stereocenters. The average molecular weight is 346 g/mol. The lowest BCUT2D eigenvalue weighted by molar-refractivity contribution is -0.141. The van der Waals surface area contributed by atoms with Crippen LogP contribution in [0.2, 0.25) is 0 Å². The number of benzene rings is 1. The second-order valence-electron chi connectivity index (χ2n) is 6.80. The maximum atomic E-state index is 12.8. The number of amides is 1. The smallest absolute Gasteiger partial charge is 0.256 e. The summed E-state index contributed by atoms with van der Waals surface area (Å²) in [6.07, 6.45) is 2.34. The molecule has 0 aliphatic carbocycles. The Balaban J connectivity index is 2.97. The van der Waals surface area contributed by atoms with Crippen molar-refractivity contribution in [3.63, 3.8) is 0 Å². The van der Waals surface area contributed by atoms with Crippen LogP contribution in [-0.2, 0) is 9.53 Å². The molecule has 0 fully saturated rings. The van der Waals surface area contributed by atoms with Crippen LogP contribution >= 0.6 is 0 Å². The van der Waals surface area contributed by atoms with Crippen LogP contribution in [0.25, 0.3) is 0 Å². The highest BCUT2D eigenvalue weighted by atomic mass is 16.5. The van der Waals surface area contributed by atoms with Gasteiger partial charge < -0.3 is 14.8 Å². The summed E-state index contributed by atoms with van der Waals surface area (Å²) in [6, 6.07) is 7.24. The van der Waals surface area contributed by atoms with E-state index in [-0.39, 0.29) is 5.91 Å². The molecular weight excluding hydrogens is 316 g/mol. The van der Waals surface area contributed by atoms with Crippen molar-refractivity contribution in [2.24, 2.45) is 5.92 Å². The molecule has 0 bridgehead atoms. The van der Waals surface area contributed by atoms with Crippen molar-refractivity contribution < 1.29 is 14.3 Å². The van der Waals surface area contributed by atoms with Gasteiger partial charge in [0, 0.05) is 6.61 Å². The third-order valence-electron chi connectivity index (χ3n) is 3.74. The van der Waals surface area contributed by atoms with Crippen LogP contribution in [0.15, 0.2) is 18.2 Å². The summed E-state index contributed by atoms with van der Waals surface area (Å²) in [5, 5.41) is 12.2. The van der Waals surface area contributed by atoms with Gasteiger partial charge in [-0.25, -0.2) is 0 Å². The topological polar surface area (TPSA) is 71.3 Å². The van der Waals surface area contributed by atoms with Gasteiger partial charge in [0.2, 0.25) is 0 Å². The van der Waals surface area contributed by atoms with E-state index in [4.69, 9.17) is 9.47 Å². The lowest BCUT2D eigenvalue weighted by Gasteiger charge is -2.30. The highest BCUT2D eigenvalue weighted by Crippen LogP contribution is 2.26. The molecule has 0 unspecified atom stereocenters. The number of carbonyl (C=O) groups excluding carboxylic acids is 1. The van der Waals surface area contributed by atoms with Crippen LogP contribution in [0.1, 0.15) is 59.4 Å². The van der Waals surface area contributed by atoms with Crippen LogP contribution in [0.3, 0.4) is 0 Å². The van der Waals surface area contributed by atoms with Crippen molar-refractivity contribution in [2.75, 3.05) is 18.5 Å². The quantitative estimate of drug-likeness (QED) is 0.676. The number of rotatable bonds is 10. The Morgan fingerprint density at radius 3 is 2.52 bits per heavy atom. The Kier molecular flexibility index (Phi) is 8.44. The molecule has 5 heteroatoms. The molecule has 0 aliphatic heterocycles. The van der Waals surface area contributed by atoms with E-state index in [1.807, 2.05) is 20.8 Å². The van der Waals surface area contributed by atoms with Crippen molar-refractivity contribution in [2.45, 2.75) is 59.5 Å². The lowest BCUT2D eigenvalue weighted by Crippen LogP contribution is -2.44. The summed E-state index contributed by atoms with van der Waals surface area (Å²) in [7, 11) is 0. The van der Waals surface area contributed by atoms with Crippen LogP contribution in [0.4, 0.5) is 5.69 Å². The van der Waals surface area contributed by atoms with Crippen LogP contribution in [0.5, 0.6) is 5.75 Å². The molecule has 1 aromatic rings. The first-order valence-electron chi connectivity index (χ1n) is 8.98. The van der Waals surface area contributed by atoms with E-state index in [1.54, 1.807) is 18.2 Å². The summed E-state index contributed by atoms with van der Waals surface area (Å²) >= 11 is 0. The zero-order valence-electron chi connectivity index (χ0n) is 16.0. The van der Waals surface area contributed by atoms with E-state index in [0.29, 0.717) is 42.6 Å². The van der Waals surface area contributed by atoms with Gasteiger partial charge in [0.05, 0.1) is 17.9 Å². The van der Waals surface area contributed by atoms with Gasteiger partial charge in [-0.3, -0.25) is 4.79 Å². The Morgan fingerprint density at radius 2 is 1.96 bits per heavy atom. The first-order chi connectivity index (χ1) is 11.9. The average Bonchev–Trinajstić information content (AvgIpc) is 2.58. The van der Waals surface area contributed by atoms with E-state index >= 15 is 0 Å². The Morgan fingerprint density at radius 1 is 1.28 bits per heavy atom. The number of nitrogens with zero attached hydrogens (tertiary/aromatic N) is 1. The number of hydrogen-bond donors (Lipinski definition) is 1. The van der Waals surface area contributed by atoms with Crippen molar-refractivity contribution in [3.8, 4) is 11.8 Å². The highest BCUT2D eigenvalue weighted by Gasteiger charge is 2.35. The maximum absolute atomic E-state index is 12.8. The highest BCUT2D eigenvalue weighted by molar-refractivity contribution is 5.98. The second-order valence-corrected chi connectivity index (χ2v) is 6.80. The predicted octanol–water partition coefficient (Wildman–Crippen LogP) is 4.52. The number of carbonyl (C=O) groups is 1.